The zero-order valence-corrected chi connectivity index (χ0v) is 20.5. The first-order valence-electron chi connectivity index (χ1n) is 11.4. The molecule has 2 atom stereocenters. The zero-order valence-electron chi connectivity index (χ0n) is 19.6. The van der Waals surface area contributed by atoms with Crippen LogP contribution in [0.5, 0.6) is 11.5 Å². The van der Waals surface area contributed by atoms with Crippen LogP contribution in [0.1, 0.15) is 24.0 Å². The van der Waals surface area contributed by atoms with Crippen LogP contribution in [0.15, 0.2) is 41.3 Å². The lowest BCUT2D eigenvalue weighted by Gasteiger charge is -2.19. The van der Waals surface area contributed by atoms with E-state index in [1.54, 1.807) is 24.3 Å². The Labute approximate surface area is 215 Å². The van der Waals surface area contributed by atoms with Gasteiger partial charge >= 0.3 is 5.97 Å². The summed E-state index contributed by atoms with van der Waals surface area (Å²) < 4.78 is 39.5. The van der Waals surface area contributed by atoms with Crippen LogP contribution in [0, 0.1) is 11.6 Å². The van der Waals surface area contributed by atoms with E-state index in [2.05, 4.69) is 10.6 Å². The van der Waals surface area contributed by atoms with E-state index in [1.807, 2.05) is 5.32 Å². The van der Waals surface area contributed by atoms with E-state index in [4.69, 9.17) is 9.47 Å². The van der Waals surface area contributed by atoms with Crippen molar-refractivity contribution in [2.45, 2.75) is 31.3 Å². The third kappa shape index (κ3) is 6.52. The van der Waals surface area contributed by atoms with Crippen molar-refractivity contribution >= 4 is 40.9 Å². The standard InChI is InChI=1S/C25H23F2N3O6S/c1-35-24(33)20(29-22(31)19-3-2-8-28-19)9-13-4-6-14(7-5-13)36-15-10-17(26)16(18(27)11-15)12-21-23(32)30-25(34)37-21/h4-7,10-12,19-20,28H,2-3,8-9H2,1H3,(H,29,31)(H,30,32,34). The maximum Gasteiger partial charge on any atom is 0.328 e. The molecule has 2 unspecified atom stereocenters. The van der Waals surface area contributed by atoms with Gasteiger partial charge in [0, 0.05) is 24.1 Å². The topological polar surface area (TPSA) is 123 Å². The van der Waals surface area contributed by atoms with Gasteiger partial charge in [0.05, 0.1) is 18.1 Å². The summed E-state index contributed by atoms with van der Waals surface area (Å²) in [7, 11) is 1.24. The highest BCUT2D eigenvalue weighted by atomic mass is 32.2. The molecule has 194 valence electrons. The number of methoxy groups -OCH3 is 1. The molecule has 2 heterocycles. The first-order valence-corrected chi connectivity index (χ1v) is 12.2. The monoisotopic (exact) mass is 531 g/mol. The number of hydrogen-bond acceptors (Lipinski definition) is 8. The molecule has 4 rings (SSSR count). The maximum atomic E-state index is 14.6. The Morgan fingerprint density at radius 1 is 1.16 bits per heavy atom. The number of rotatable bonds is 8. The van der Waals surface area contributed by atoms with Crippen LogP contribution in [-0.4, -0.2) is 48.8 Å². The average Bonchev–Trinajstić information content (AvgIpc) is 3.51. The second-order valence-corrected chi connectivity index (χ2v) is 9.35. The number of ether oxygens (including phenoxy) is 2. The van der Waals surface area contributed by atoms with Crippen molar-refractivity contribution in [2.24, 2.45) is 0 Å². The molecule has 2 aromatic carbocycles. The molecule has 37 heavy (non-hydrogen) atoms. The number of benzene rings is 2. The van der Waals surface area contributed by atoms with Gasteiger partial charge in [-0.3, -0.25) is 19.7 Å². The van der Waals surface area contributed by atoms with Gasteiger partial charge in [-0.25, -0.2) is 13.6 Å². The third-order valence-corrected chi connectivity index (χ3v) is 6.56. The minimum absolute atomic E-state index is 0.117. The van der Waals surface area contributed by atoms with Crippen molar-refractivity contribution in [3.05, 3.63) is 64.1 Å². The summed E-state index contributed by atoms with van der Waals surface area (Å²) in [5.41, 5.74) is 0.224. The summed E-state index contributed by atoms with van der Waals surface area (Å²) in [5.74, 6) is -3.36. The van der Waals surface area contributed by atoms with E-state index in [0.717, 1.165) is 31.2 Å². The molecule has 2 aliphatic heterocycles. The summed E-state index contributed by atoms with van der Waals surface area (Å²) >= 11 is 0.552. The lowest BCUT2D eigenvalue weighted by atomic mass is 10.0. The van der Waals surface area contributed by atoms with Gasteiger partial charge in [0.2, 0.25) is 5.91 Å². The molecule has 9 nitrogen and oxygen atoms in total. The maximum absolute atomic E-state index is 14.6. The van der Waals surface area contributed by atoms with Gasteiger partial charge in [-0.1, -0.05) is 12.1 Å². The Kier molecular flexibility index (Phi) is 8.19. The summed E-state index contributed by atoms with van der Waals surface area (Å²) in [5, 5.41) is 7.19. The normalized spacial score (nSPS) is 19.0. The smallest absolute Gasteiger partial charge is 0.328 e. The fraction of sp³-hybridized carbons (Fsp3) is 0.280. The Hall–Kier alpha value is -3.77. The number of thioether (sulfide) groups is 1. The van der Waals surface area contributed by atoms with Gasteiger partial charge in [0.25, 0.3) is 11.1 Å². The van der Waals surface area contributed by atoms with Gasteiger partial charge in [-0.15, -0.1) is 0 Å². The molecule has 2 aliphatic rings. The van der Waals surface area contributed by atoms with Crippen LogP contribution >= 0.6 is 11.8 Å². The Balaban J connectivity index is 1.42. The second-order valence-electron chi connectivity index (χ2n) is 8.34. The molecule has 2 saturated heterocycles. The predicted molar refractivity (Wildman–Crippen MR) is 131 cm³/mol. The van der Waals surface area contributed by atoms with E-state index in [0.29, 0.717) is 23.7 Å². The first-order chi connectivity index (χ1) is 17.7. The average molecular weight is 532 g/mol. The Morgan fingerprint density at radius 2 is 1.86 bits per heavy atom. The lowest BCUT2D eigenvalue weighted by Crippen LogP contribution is -2.49. The molecule has 0 bridgehead atoms. The zero-order chi connectivity index (χ0) is 26.5. The largest absolute Gasteiger partial charge is 0.467 e. The first kappa shape index (κ1) is 26.3. The van der Waals surface area contributed by atoms with Crippen molar-refractivity contribution in [3.63, 3.8) is 0 Å². The molecule has 0 saturated carbocycles. The highest BCUT2D eigenvalue weighted by molar-refractivity contribution is 8.18. The minimum atomic E-state index is -0.972. The Bertz CT molecular complexity index is 1240. The highest BCUT2D eigenvalue weighted by Crippen LogP contribution is 2.31. The van der Waals surface area contributed by atoms with Crippen LogP contribution < -0.4 is 20.7 Å². The summed E-state index contributed by atoms with van der Waals surface area (Å²) in [6.45, 7) is 0.744. The van der Waals surface area contributed by atoms with Gasteiger partial charge in [0.1, 0.15) is 29.2 Å². The number of carbonyl (C=O) groups is 4. The number of nitrogens with one attached hydrogen (secondary N) is 3. The Morgan fingerprint density at radius 3 is 2.43 bits per heavy atom. The van der Waals surface area contributed by atoms with Crippen LogP contribution in [0.2, 0.25) is 0 Å². The molecule has 0 spiro atoms. The fourth-order valence-electron chi connectivity index (χ4n) is 3.89. The number of esters is 1. The number of imide groups is 1. The molecule has 3 amide bonds. The SMILES string of the molecule is COC(=O)C(Cc1ccc(Oc2cc(F)c(C=C3SC(=O)NC3=O)c(F)c2)cc1)NC(=O)C1CCCN1. The van der Waals surface area contributed by atoms with Crippen molar-refractivity contribution in [2.75, 3.05) is 13.7 Å². The van der Waals surface area contributed by atoms with Gasteiger partial charge in [-0.2, -0.15) is 0 Å². The molecule has 2 fully saturated rings. The van der Waals surface area contributed by atoms with Crippen molar-refractivity contribution < 1.29 is 37.4 Å². The quantitative estimate of drug-likeness (QED) is 0.351. The predicted octanol–water partition coefficient (Wildman–Crippen LogP) is 3.03. The summed E-state index contributed by atoms with van der Waals surface area (Å²) in [6, 6.07) is 7.12. The fourth-order valence-corrected chi connectivity index (χ4v) is 4.56. The van der Waals surface area contributed by atoms with Crippen LogP contribution in [-0.2, 0) is 25.5 Å². The molecular weight excluding hydrogens is 508 g/mol. The molecule has 0 radical (unpaired) electrons. The highest BCUT2D eigenvalue weighted by Gasteiger charge is 2.28. The van der Waals surface area contributed by atoms with Gasteiger partial charge < -0.3 is 20.1 Å². The number of amides is 3. The molecule has 12 heteroatoms. The van der Waals surface area contributed by atoms with E-state index in [9.17, 15) is 28.0 Å². The lowest BCUT2D eigenvalue weighted by molar-refractivity contribution is -0.145. The van der Waals surface area contributed by atoms with E-state index in [1.165, 1.54) is 7.11 Å². The van der Waals surface area contributed by atoms with E-state index in [-0.39, 0.29) is 34.8 Å². The van der Waals surface area contributed by atoms with Crippen LogP contribution in [0.4, 0.5) is 13.6 Å². The van der Waals surface area contributed by atoms with Crippen LogP contribution in [0.3, 0.4) is 0 Å². The molecular formula is C25H23F2N3O6S. The summed E-state index contributed by atoms with van der Waals surface area (Å²) in [6.07, 6.45) is 2.72. The molecule has 2 aromatic rings. The summed E-state index contributed by atoms with van der Waals surface area (Å²) in [4.78, 5) is 47.4. The van der Waals surface area contributed by atoms with Gasteiger partial charge in [-0.05, 0) is 54.9 Å². The number of halogens is 2. The third-order valence-electron chi connectivity index (χ3n) is 5.75. The van der Waals surface area contributed by atoms with Crippen molar-refractivity contribution in [1.82, 2.24) is 16.0 Å². The minimum Gasteiger partial charge on any atom is -0.467 e. The number of hydrogen-bond donors (Lipinski definition) is 3. The molecule has 3 N–H and O–H groups in total. The molecule has 0 aromatic heterocycles. The van der Waals surface area contributed by atoms with Crippen LogP contribution in [0.25, 0.3) is 6.08 Å². The van der Waals surface area contributed by atoms with E-state index < -0.39 is 40.4 Å². The van der Waals surface area contributed by atoms with Crippen molar-refractivity contribution in [3.8, 4) is 11.5 Å². The van der Waals surface area contributed by atoms with Crippen molar-refractivity contribution in [1.29, 1.82) is 0 Å². The second kappa shape index (κ2) is 11.5. The molecule has 0 aliphatic carbocycles. The van der Waals surface area contributed by atoms with E-state index >= 15 is 0 Å². The number of carbonyl (C=O) groups excluding carboxylic acids is 4. The van der Waals surface area contributed by atoms with Gasteiger partial charge in [0.15, 0.2) is 0 Å².